The molecule has 110 valence electrons. The van der Waals surface area contributed by atoms with E-state index in [4.69, 9.17) is 0 Å². The second-order valence-corrected chi connectivity index (χ2v) is 6.46. The first-order valence-corrected chi connectivity index (χ1v) is 8.17. The maximum atomic E-state index is 13.8. The molecule has 2 aromatic rings. The van der Waals surface area contributed by atoms with E-state index in [0.29, 0.717) is 24.6 Å². The van der Waals surface area contributed by atoms with Crippen LogP contribution in [0, 0.1) is 5.82 Å². The largest absolute Gasteiger partial charge is 0.335 e. The average Bonchev–Trinajstić information content (AvgIpc) is 3.19. The van der Waals surface area contributed by atoms with Gasteiger partial charge in [0.2, 0.25) is 5.91 Å². The van der Waals surface area contributed by atoms with E-state index in [-0.39, 0.29) is 11.7 Å². The number of thiophene rings is 1. The van der Waals surface area contributed by atoms with Crippen LogP contribution in [-0.2, 0) is 17.8 Å². The van der Waals surface area contributed by atoms with E-state index >= 15 is 0 Å². The topological polar surface area (TPSA) is 20.3 Å². The lowest BCUT2D eigenvalue weighted by atomic mass is 10.1. The molecule has 1 amide bonds. The Hall–Kier alpha value is -1.68. The van der Waals surface area contributed by atoms with Crippen LogP contribution in [0.5, 0.6) is 0 Å². The molecule has 1 saturated carbocycles. The molecule has 0 bridgehead atoms. The first-order valence-electron chi connectivity index (χ1n) is 7.29. The molecule has 21 heavy (non-hydrogen) atoms. The molecule has 0 aliphatic heterocycles. The smallest absolute Gasteiger partial charge is 0.223 e. The predicted octanol–water partition coefficient (Wildman–Crippen LogP) is 4.01. The van der Waals surface area contributed by atoms with Gasteiger partial charge in [-0.25, -0.2) is 4.39 Å². The summed E-state index contributed by atoms with van der Waals surface area (Å²) in [4.78, 5) is 15.5. The number of amides is 1. The maximum absolute atomic E-state index is 13.8. The first kappa shape index (κ1) is 14.3. The van der Waals surface area contributed by atoms with Gasteiger partial charge in [0, 0.05) is 29.4 Å². The SMILES string of the molecule is O=C(CCc1cccs1)N(Cc1ccccc1F)C1CC1. The molecule has 0 saturated heterocycles. The van der Waals surface area contributed by atoms with Gasteiger partial charge in [-0.1, -0.05) is 24.3 Å². The zero-order valence-corrected chi connectivity index (χ0v) is 12.6. The quantitative estimate of drug-likeness (QED) is 0.789. The van der Waals surface area contributed by atoms with Crippen LogP contribution in [0.1, 0.15) is 29.7 Å². The number of nitrogens with zero attached hydrogens (tertiary/aromatic N) is 1. The van der Waals surface area contributed by atoms with Crippen LogP contribution in [-0.4, -0.2) is 16.8 Å². The van der Waals surface area contributed by atoms with Gasteiger partial charge in [-0.15, -0.1) is 11.3 Å². The van der Waals surface area contributed by atoms with Crippen molar-refractivity contribution in [3.63, 3.8) is 0 Å². The third-order valence-corrected chi connectivity index (χ3v) is 4.71. The minimum atomic E-state index is -0.228. The lowest BCUT2D eigenvalue weighted by molar-refractivity contribution is -0.132. The molecule has 1 aliphatic carbocycles. The lowest BCUT2D eigenvalue weighted by Gasteiger charge is -2.22. The van der Waals surface area contributed by atoms with Gasteiger partial charge < -0.3 is 4.90 Å². The molecule has 1 heterocycles. The summed E-state index contributed by atoms with van der Waals surface area (Å²) in [6, 6.07) is 11.1. The summed E-state index contributed by atoms with van der Waals surface area (Å²) < 4.78 is 13.8. The summed E-state index contributed by atoms with van der Waals surface area (Å²) in [6.45, 7) is 0.389. The van der Waals surface area contributed by atoms with Crippen molar-refractivity contribution in [2.45, 2.75) is 38.3 Å². The number of benzene rings is 1. The third kappa shape index (κ3) is 3.70. The number of hydrogen-bond acceptors (Lipinski definition) is 2. The van der Waals surface area contributed by atoms with Gasteiger partial charge in [0.05, 0.1) is 0 Å². The summed E-state index contributed by atoms with van der Waals surface area (Å²) in [5.41, 5.74) is 0.605. The molecule has 0 N–H and O–H groups in total. The van der Waals surface area contributed by atoms with Gasteiger partial charge >= 0.3 is 0 Å². The summed E-state index contributed by atoms with van der Waals surface area (Å²) in [6.07, 6.45) is 3.36. The van der Waals surface area contributed by atoms with Crippen LogP contribution in [0.25, 0.3) is 0 Å². The maximum Gasteiger partial charge on any atom is 0.223 e. The normalized spacial score (nSPS) is 14.1. The number of carbonyl (C=O) groups is 1. The van der Waals surface area contributed by atoms with Crippen LogP contribution in [0.2, 0.25) is 0 Å². The van der Waals surface area contributed by atoms with Crippen molar-refractivity contribution in [3.05, 3.63) is 58.0 Å². The third-order valence-electron chi connectivity index (χ3n) is 3.77. The summed E-state index contributed by atoms with van der Waals surface area (Å²) >= 11 is 1.68. The molecule has 1 aromatic carbocycles. The zero-order valence-electron chi connectivity index (χ0n) is 11.8. The standard InChI is InChI=1S/C17H18FNOS/c18-16-6-2-1-4-13(16)12-19(14-7-8-14)17(20)10-9-15-5-3-11-21-15/h1-6,11,14H,7-10,12H2. The van der Waals surface area contributed by atoms with Crippen molar-refractivity contribution in [1.29, 1.82) is 0 Å². The molecule has 0 atom stereocenters. The minimum absolute atomic E-state index is 0.133. The van der Waals surface area contributed by atoms with Crippen molar-refractivity contribution in [1.82, 2.24) is 4.90 Å². The second kappa shape index (κ2) is 6.39. The summed E-state index contributed by atoms with van der Waals surface area (Å²) in [5, 5.41) is 2.03. The first-order chi connectivity index (χ1) is 10.2. The van der Waals surface area contributed by atoms with E-state index in [1.165, 1.54) is 10.9 Å². The van der Waals surface area contributed by atoms with Crippen molar-refractivity contribution >= 4 is 17.2 Å². The van der Waals surface area contributed by atoms with Gasteiger partial charge in [0.15, 0.2) is 0 Å². The Balaban J connectivity index is 1.64. The van der Waals surface area contributed by atoms with Crippen molar-refractivity contribution in [3.8, 4) is 0 Å². The highest BCUT2D eigenvalue weighted by Crippen LogP contribution is 2.29. The molecule has 1 aliphatic rings. The molecular weight excluding hydrogens is 285 g/mol. The van der Waals surface area contributed by atoms with Crippen LogP contribution in [0.15, 0.2) is 41.8 Å². The Bertz CT molecular complexity index is 607. The Morgan fingerprint density at radius 2 is 2.05 bits per heavy atom. The minimum Gasteiger partial charge on any atom is -0.335 e. The Morgan fingerprint density at radius 1 is 1.24 bits per heavy atom. The highest BCUT2D eigenvalue weighted by Gasteiger charge is 2.32. The molecule has 4 heteroatoms. The van der Waals surface area contributed by atoms with E-state index in [1.807, 2.05) is 22.4 Å². The predicted molar refractivity (Wildman–Crippen MR) is 82.6 cm³/mol. The van der Waals surface area contributed by atoms with Gasteiger partial charge in [-0.2, -0.15) is 0 Å². The molecular formula is C17H18FNOS. The number of carbonyl (C=O) groups excluding carboxylic acids is 1. The molecule has 3 rings (SSSR count). The molecule has 1 aromatic heterocycles. The average molecular weight is 303 g/mol. The summed E-state index contributed by atoms with van der Waals surface area (Å²) in [5.74, 6) is -0.0941. The molecule has 0 radical (unpaired) electrons. The van der Waals surface area contributed by atoms with E-state index < -0.39 is 0 Å². The fraction of sp³-hybridized carbons (Fsp3) is 0.353. The van der Waals surface area contributed by atoms with E-state index in [1.54, 1.807) is 23.5 Å². The van der Waals surface area contributed by atoms with Gasteiger partial charge in [0.1, 0.15) is 5.82 Å². The van der Waals surface area contributed by atoms with Crippen molar-refractivity contribution in [2.24, 2.45) is 0 Å². The number of rotatable bonds is 6. The fourth-order valence-corrected chi connectivity index (χ4v) is 3.15. The van der Waals surface area contributed by atoms with E-state index in [9.17, 15) is 9.18 Å². The second-order valence-electron chi connectivity index (χ2n) is 5.42. The van der Waals surface area contributed by atoms with Crippen LogP contribution in [0.3, 0.4) is 0 Å². The van der Waals surface area contributed by atoms with Crippen molar-refractivity contribution < 1.29 is 9.18 Å². The van der Waals surface area contributed by atoms with E-state index in [2.05, 4.69) is 6.07 Å². The molecule has 0 unspecified atom stereocenters. The fourth-order valence-electron chi connectivity index (χ4n) is 2.45. The highest BCUT2D eigenvalue weighted by atomic mass is 32.1. The van der Waals surface area contributed by atoms with Crippen LogP contribution >= 0.6 is 11.3 Å². The Morgan fingerprint density at radius 3 is 2.71 bits per heavy atom. The monoisotopic (exact) mass is 303 g/mol. The number of halogens is 1. The van der Waals surface area contributed by atoms with Gasteiger partial charge in [0.25, 0.3) is 0 Å². The molecule has 0 spiro atoms. The van der Waals surface area contributed by atoms with Crippen LogP contribution in [0.4, 0.5) is 4.39 Å². The van der Waals surface area contributed by atoms with E-state index in [0.717, 1.165) is 19.3 Å². The van der Waals surface area contributed by atoms with Gasteiger partial charge in [-0.3, -0.25) is 4.79 Å². The van der Waals surface area contributed by atoms with Gasteiger partial charge in [-0.05, 0) is 36.8 Å². The summed E-state index contributed by atoms with van der Waals surface area (Å²) in [7, 11) is 0. The molecule has 2 nitrogen and oxygen atoms in total. The Kier molecular flexibility index (Phi) is 4.34. The van der Waals surface area contributed by atoms with Crippen molar-refractivity contribution in [2.75, 3.05) is 0 Å². The Labute approximate surface area is 128 Å². The highest BCUT2D eigenvalue weighted by molar-refractivity contribution is 7.09. The number of hydrogen-bond donors (Lipinski definition) is 0. The zero-order chi connectivity index (χ0) is 14.7. The lowest BCUT2D eigenvalue weighted by Crippen LogP contribution is -2.33. The number of aryl methyl sites for hydroxylation is 1. The van der Waals surface area contributed by atoms with Crippen LogP contribution < -0.4 is 0 Å². The molecule has 1 fully saturated rings.